The van der Waals surface area contributed by atoms with Gasteiger partial charge in [0.15, 0.2) is 6.23 Å². The smallest absolute Gasteiger partial charge is 0.174 e. The molecular weight excluding hydrogens is 198 g/mol. The molecule has 82 valence electrons. The van der Waals surface area contributed by atoms with E-state index in [0.29, 0.717) is 0 Å². The second-order valence-electron chi connectivity index (χ2n) is 5.55. The molecule has 2 atom stereocenters. The van der Waals surface area contributed by atoms with E-state index in [1.54, 1.807) is 0 Å². The molecule has 1 aliphatic heterocycles. The lowest BCUT2D eigenvalue weighted by molar-refractivity contribution is 0.101. The second-order valence-corrected chi connectivity index (χ2v) is 6.30. The molecule has 2 nitrogen and oxygen atoms in total. The SMILES string of the molecule is CC(C)(C)N1OC1C1(Cl)CCCCC1. The summed E-state index contributed by atoms with van der Waals surface area (Å²) in [5.74, 6) is 0. The van der Waals surface area contributed by atoms with Crippen LogP contribution in [0.4, 0.5) is 0 Å². The molecule has 1 saturated carbocycles. The minimum atomic E-state index is -0.106. The van der Waals surface area contributed by atoms with Crippen LogP contribution >= 0.6 is 11.6 Å². The zero-order valence-corrected chi connectivity index (χ0v) is 10.1. The fourth-order valence-electron chi connectivity index (χ4n) is 2.28. The van der Waals surface area contributed by atoms with Gasteiger partial charge in [-0.25, -0.2) is 0 Å². The molecule has 0 aromatic rings. The summed E-state index contributed by atoms with van der Waals surface area (Å²) in [7, 11) is 0. The number of nitrogens with zero attached hydrogens (tertiary/aromatic N) is 1. The molecule has 1 heterocycles. The number of halogens is 1. The highest BCUT2D eigenvalue weighted by Crippen LogP contribution is 2.48. The Balaban J connectivity index is 1.97. The fourth-order valence-corrected chi connectivity index (χ4v) is 2.68. The fraction of sp³-hybridized carbons (Fsp3) is 1.00. The highest BCUT2D eigenvalue weighted by molar-refractivity contribution is 6.24. The van der Waals surface area contributed by atoms with Crippen LogP contribution in [0.25, 0.3) is 0 Å². The van der Waals surface area contributed by atoms with Crippen molar-refractivity contribution in [3.8, 4) is 0 Å². The summed E-state index contributed by atoms with van der Waals surface area (Å²) >= 11 is 6.61. The maximum Gasteiger partial charge on any atom is 0.174 e. The molecule has 2 fully saturated rings. The van der Waals surface area contributed by atoms with Crippen molar-refractivity contribution >= 4 is 11.6 Å². The van der Waals surface area contributed by atoms with Gasteiger partial charge in [0.05, 0.1) is 4.87 Å². The van der Waals surface area contributed by atoms with Gasteiger partial charge in [0.25, 0.3) is 0 Å². The maximum absolute atomic E-state index is 6.61. The van der Waals surface area contributed by atoms with Gasteiger partial charge in [0.1, 0.15) is 0 Å². The zero-order chi connectivity index (χ0) is 10.4. The Labute approximate surface area is 91.5 Å². The maximum atomic E-state index is 6.61. The van der Waals surface area contributed by atoms with Crippen molar-refractivity contribution in [2.45, 2.75) is 69.5 Å². The summed E-state index contributed by atoms with van der Waals surface area (Å²) in [4.78, 5) is 5.52. The molecule has 2 aliphatic rings. The van der Waals surface area contributed by atoms with Gasteiger partial charge < -0.3 is 0 Å². The third-order valence-electron chi connectivity index (χ3n) is 3.17. The lowest BCUT2D eigenvalue weighted by Crippen LogP contribution is -2.38. The molecule has 0 aromatic carbocycles. The van der Waals surface area contributed by atoms with Crippen LogP contribution < -0.4 is 0 Å². The van der Waals surface area contributed by atoms with E-state index in [1.165, 1.54) is 19.3 Å². The van der Waals surface area contributed by atoms with Crippen LogP contribution in [0.15, 0.2) is 0 Å². The zero-order valence-electron chi connectivity index (χ0n) is 9.35. The number of rotatable bonds is 1. The molecule has 0 amide bonds. The van der Waals surface area contributed by atoms with Gasteiger partial charge in [-0.15, -0.1) is 16.7 Å². The standard InChI is InChI=1S/C11H20ClNO/c1-10(2,3)13-9(14-13)11(12)7-5-4-6-8-11/h9H,4-8H2,1-3H3. The van der Waals surface area contributed by atoms with Crippen molar-refractivity contribution in [2.24, 2.45) is 0 Å². The van der Waals surface area contributed by atoms with Gasteiger partial charge in [0, 0.05) is 5.54 Å². The highest BCUT2D eigenvalue weighted by Gasteiger charge is 2.56. The monoisotopic (exact) mass is 217 g/mol. The quantitative estimate of drug-likeness (QED) is 0.495. The van der Waals surface area contributed by atoms with Crippen LogP contribution in [-0.2, 0) is 4.84 Å². The van der Waals surface area contributed by atoms with Crippen molar-refractivity contribution in [1.29, 1.82) is 0 Å². The first-order valence-corrected chi connectivity index (χ1v) is 5.96. The lowest BCUT2D eigenvalue weighted by Gasteiger charge is -2.30. The van der Waals surface area contributed by atoms with Crippen LogP contribution in [-0.4, -0.2) is 21.7 Å². The van der Waals surface area contributed by atoms with Crippen molar-refractivity contribution in [3.05, 3.63) is 0 Å². The minimum Gasteiger partial charge on any atom is -0.273 e. The molecule has 0 bridgehead atoms. The van der Waals surface area contributed by atoms with E-state index in [4.69, 9.17) is 16.4 Å². The van der Waals surface area contributed by atoms with Crippen LogP contribution in [0.2, 0.25) is 0 Å². The largest absolute Gasteiger partial charge is 0.273 e. The summed E-state index contributed by atoms with van der Waals surface area (Å²) in [5.41, 5.74) is 0.0873. The topological polar surface area (TPSA) is 15.5 Å². The van der Waals surface area contributed by atoms with E-state index in [9.17, 15) is 0 Å². The average molecular weight is 218 g/mol. The van der Waals surface area contributed by atoms with Gasteiger partial charge in [-0.05, 0) is 33.6 Å². The van der Waals surface area contributed by atoms with Gasteiger partial charge in [-0.2, -0.15) is 0 Å². The first kappa shape index (κ1) is 10.7. The third kappa shape index (κ3) is 1.93. The lowest BCUT2D eigenvalue weighted by atomic mass is 9.87. The predicted octanol–water partition coefficient (Wildman–Crippen LogP) is 3.30. The van der Waals surface area contributed by atoms with E-state index >= 15 is 0 Å². The second kappa shape index (κ2) is 3.36. The summed E-state index contributed by atoms with van der Waals surface area (Å²) in [6.07, 6.45) is 6.20. The minimum absolute atomic E-state index is 0.0873. The Hall–Kier alpha value is 0.210. The van der Waals surface area contributed by atoms with Crippen LogP contribution in [0.3, 0.4) is 0 Å². The predicted molar refractivity (Wildman–Crippen MR) is 58.1 cm³/mol. The molecule has 2 rings (SSSR count). The molecule has 0 spiro atoms. The highest BCUT2D eigenvalue weighted by atomic mass is 35.5. The summed E-state index contributed by atoms with van der Waals surface area (Å²) in [5, 5.41) is 2.05. The normalized spacial score (nSPS) is 36.9. The molecular formula is C11H20ClNO. The Morgan fingerprint density at radius 3 is 2.21 bits per heavy atom. The summed E-state index contributed by atoms with van der Waals surface area (Å²) in [6, 6.07) is 0. The molecule has 1 aliphatic carbocycles. The third-order valence-corrected chi connectivity index (χ3v) is 3.73. The van der Waals surface area contributed by atoms with E-state index in [2.05, 4.69) is 20.8 Å². The summed E-state index contributed by atoms with van der Waals surface area (Å²) < 4.78 is 0. The van der Waals surface area contributed by atoms with Crippen molar-refractivity contribution in [3.63, 3.8) is 0 Å². The molecule has 2 unspecified atom stereocenters. The molecule has 3 heteroatoms. The van der Waals surface area contributed by atoms with E-state index < -0.39 is 0 Å². The summed E-state index contributed by atoms with van der Waals surface area (Å²) in [6.45, 7) is 6.49. The molecule has 14 heavy (non-hydrogen) atoms. The van der Waals surface area contributed by atoms with E-state index in [-0.39, 0.29) is 16.6 Å². The Morgan fingerprint density at radius 1 is 1.21 bits per heavy atom. The van der Waals surface area contributed by atoms with Crippen LogP contribution in [0.1, 0.15) is 52.9 Å². The number of hydrogen-bond donors (Lipinski definition) is 0. The molecule has 0 radical (unpaired) electrons. The molecule has 0 N–H and O–H groups in total. The van der Waals surface area contributed by atoms with Gasteiger partial charge in [-0.1, -0.05) is 19.3 Å². The number of hydrogen-bond acceptors (Lipinski definition) is 2. The van der Waals surface area contributed by atoms with Crippen molar-refractivity contribution in [2.75, 3.05) is 0 Å². The van der Waals surface area contributed by atoms with Crippen LogP contribution in [0, 0.1) is 0 Å². The first-order chi connectivity index (χ1) is 6.43. The number of hydroxylamine groups is 2. The van der Waals surface area contributed by atoms with Crippen LogP contribution in [0.5, 0.6) is 0 Å². The van der Waals surface area contributed by atoms with Crippen molar-refractivity contribution < 1.29 is 4.84 Å². The molecule has 0 aromatic heterocycles. The van der Waals surface area contributed by atoms with Gasteiger partial charge in [-0.3, -0.25) is 4.84 Å². The Morgan fingerprint density at radius 2 is 1.79 bits per heavy atom. The number of alkyl halides is 1. The first-order valence-electron chi connectivity index (χ1n) is 5.58. The average Bonchev–Trinajstić information content (AvgIpc) is 2.82. The van der Waals surface area contributed by atoms with Gasteiger partial charge >= 0.3 is 0 Å². The van der Waals surface area contributed by atoms with E-state index in [1.807, 2.05) is 5.06 Å². The van der Waals surface area contributed by atoms with Gasteiger partial charge in [0.2, 0.25) is 0 Å². The van der Waals surface area contributed by atoms with Crippen molar-refractivity contribution in [1.82, 2.24) is 5.06 Å². The Kier molecular flexibility index (Phi) is 2.57. The van der Waals surface area contributed by atoms with E-state index in [0.717, 1.165) is 12.8 Å². The Bertz CT molecular complexity index is 218. The molecule has 1 saturated heterocycles.